The summed E-state index contributed by atoms with van der Waals surface area (Å²) in [5.41, 5.74) is 27.8. The van der Waals surface area contributed by atoms with Gasteiger partial charge in [-0.25, -0.2) is 44.9 Å². The third-order valence-electron chi connectivity index (χ3n) is 27.1. The Labute approximate surface area is 824 Å². The second-order valence-electron chi connectivity index (χ2n) is 35.8. The highest BCUT2D eigenvalue weighted by Crippen LogP contribution is 2.48. The lowest BCUT2D eigenvalue weighted by Crippen LogP contribution is -2.00. The first kappa shape index (κ1) is 83.6. The molecule has 0 radical (unpaired) electrons. The summed E-state index contributed by atoms with van der Waals surface area (Å²) >= 11 is 0. The van der Waals surface area contributed by atoms with Gasteiger partial charge >= 0.3 is 0 Å². The first-order chi connectivity index (χ1) is 71.4. The molecule has 15 nitrogen and oxygen atoms in total. The summed E-state index contributed by atoms with van der Waals surface area (Å²) in [6.07, 6.45) is 0. The average Bonchev–Trinajstić information content (AvgIpc) is 1.57. The first-order valence-corrected chi connectivity index (χ1v) is 48.0. The van der Waals surface area contributed by atoms with Crippen molar-refractivity contribution in [2.24, 2.45) is 0 Å². The van der Waals surface area contributed by atoms with Gasteiger partial charge in [0.25, 0.3) is 0 Å². The molecule has 0 unspecified atom stereocenters. The van der Waals surface area contributed by atoms with Crippen molar-refractivity contribution in [3.63, 3.8) is 0 Å². The molecule has 0 spiro atoms. The van der Waals surface area contributed by atoms with Crippen LogP contribution in [0.5, 0.6) is 0 Å². The third-order valence-corrected chi connectivity index (χ3v) is 27.1. The van der Waals surface area contributed by atoms with Crippen LogP contribution >= 0.6 is 0 Å². The van der Waals surface area contributed by atoms with Crippen LogP contribution in [0.3, 0.4) is 0 Å². The number of hydrogen-bond acceptors (Lipinski definition) is 12. The van der Waals surface area contributed by atoms with Gasteiger partial charge in [0, 0.05) is 132 Å². The predicted molar refractivity (Wildman–Crippen MR) is 584 cm³/mol. The molecule has 9 heterocycles. The number of para-hydroxylation sites is 6. The highest BCUT2D eigenvalue weighted by molar-refractivity contribution is 6.23. The van der Waals surface area contributed by atoms with Gasteiger partial charge in [0.1, 0.15) is 33.5 Å². The van der Waals surface area contributed by atoms with Gasteiger partial charge in [-0.05, 0) is 138 Å². The van der Waals surface area contributed by atoms with Crippen molar-refractivity contribution >= 4 is 131 Å². The van der Waals surface area contributed by atoms with Gasteiger partial charge in [-0.1, -0.05) is 370 Å². The molecule has 674 valence electrons. The van der Waals surface area contributed by atoms with E-state index in [0.29, 0.717) is 52.4 Å². The molecule has 0 amide bonds. The van der Waals surface area contributed by atoms with Crippen LogP contribution in [0.15, 0.2) is 499 Å². The van der Waals surface area contributed by atoms with Gasteiger partial charge in [-0.15, -0.1) is 0 Å². The number of fused-ring (bicyclic) bond motifs is 18. The molecule has 0 N–H and O–H groups in total. The highest BCUT2D eigenvalue weighted by atomic mass is 16.3. The van der Waals surface area contributed by atoms with Crippen LogP contribution in [0.4, 0.5) is 0 Å². The number of rotatable bonds is 14. The number of benzene rings is 20. The molecule has 144 heavy (non-hydrogen) atoms. The predicted octanol–water partition coefficient (Wildman–Crippen LogP) is 32.9. The molecule has 29 aromatic rings. The SMILES string of the molecule is c1ccc(-c2ccc(-c3nc(-c4ccccc4)nc(-c4cccc5oc6cc7c8ccccc8n(-c8ccccc8)c7cc6c45)n3)cc2)cc1.c1ccc(-c2cccc(-c3nc(-c4ccccc4)nc(-c4cccc5oc6cc7c8ccccc8n(-c8ccccc8)c7cc6c45)n3)c2)cc1.c1ccc(-c2nc(-c3ccccc3)nc(-c3cccc4oc5cc6c7ccccc7n(-c7ccccc7)c6cc5c34)n2)cc1. The van der Waals surface area contributed by atoms with E-state index in [1.807, 2.05) is 176 Å². The molecule has 0 saturated heterocycles. The van der Waals surface area contributed by atoms with Gasteiger partial charge in [0.15, 0.2) is 52.4 Å². The monoisotopic (exact) mass is 1840 g/mol. The molecule has 0 aliphatic heterocycles. The van der Waals surface area contributed by atoms with Crippen molar-refractivity contribution < 1.29 is 13.3 Å². The van der Waals surface area contributed by atoms with E-state index in [9.17, 15) is 0 Å². The van der Waals surface area contributed by atoms with Crippen molar-refractivity contribution in [2.75, 3.05) is 0 Å². The molecule has 0 atom stereocenters. The van der Waals surface area contributed by atoms with Crippen LogP contribution in [-0.2, 0) is 0 Å². The van der Waals surface area contributed by atoms with E-state index < -0.39 is 0 Å². The zero-order valence-electron chi connectivity index (χ0n) is 77.3. The van der Waals surface area contributed by atoms with Gasteiger partial charge in [0.2, 0.25) is 0 Å². The van der Waals surface area contributed by atoms with E-state index in [1.54, 1.807) is 0 Å². The zero-order chi connectivity index (χ0) is 95.1. The summed E-state index contributed by atoms with van der Waals surface area (Å²) in [5.74, 6) is 5.52. The normalized spacial score (nSPS) is 11.6. The molecule has 9 aromatic heterocycles. The van der Waals surface area contributed by atoms with E-state index in [2.05, 4.69) is 323 Å². The van der Waals surface area contributed by atoms with Gasteiger partial charge in [0.05, 0.1) is 33.1 Å². The lowest BCUT2D eigenvalue weighted by atomic mass is 10.0. The molecule has 20 aromatic carbocycles. The second kappa shape index (κ2) is 35.3. The zero-order valence-corrected chi connectivity index (χ0v) is 77.3. The molecule has 0 fully saturated rings. The van der Waals surface area contributed by atoms with Gasteiger partial charge < -0.3 is 27.0 Å². The van der Waals surface area contributed by atoms with Gasteiger partial charge in [-0.2, -0.15) is 0 Å². The van der Waals surface area contributed by atoms with Crippen LogP contribution < -0.4 is 0 Å². The maximum atomic E-state index is 6.60. The summed E-state index contributed by atoms with van der Waals surface area (Å²) in [4.78, 5) is 45.5. The summed E-state index contributed by atoms with van der Waals surface area (Å²) in [6, 6.07) is 167. The summed E-state index contributed by atoms with van der Waals surface area (Å²) in [5, 5.41) is 13.0. The molecular formula is C129H80N12O3. The number of nitrogens with zero attached hydrogens (tertiary/aromatic N) is 12. The van der Waals surface area contributed by atoms with E-state index in [0.717, 1.165) is 199 Å². The van der Waals surface area contributed by atoms with Crippen LogP contribution in [0.25, 0.3) is 273 Å². The highest BCUT2D eigenvalue weighted by Gasteiger charge is 2.27. The molecule has 0 aliphatic carbocycles. The molecule has 0 saturated carbocycles. The smallest absolute Gasteiger partial charge is 0.164 e. The quantitative estimate of drug-likeness (QED) is 0.101. The maximum Gasteiger partial charge on any atom is 0.164 e. The van der Waals surface area contributed by atoms with E-state index >= 15 is 0 Å². The standard InChI is InChI=1S/2C45H28N4O.C39H24N4O/c1-4-14-29(15-5-1)31-18-12-19-32(26-31)44-46-43(30-16-6-2-7-17-30)47-45(48-44)35-23-13-25-40-42(35)37-27-39-36(28-41(37)50-40)34-22-10-11-24-38(34)49(39)33-20-8-3-9-21-33;1-4-13-29(14-5-1)30-23-25-32(26-24-30)44-46-43(31-15-6-2-7-16-31)47-45(48-44)35-20-12-22-40-42(35)37-27-39-36(28-41(37)50-40)34-19-10-11-21-38(34)49(39)33-17-8-3-9-18-33;1-4-13-25(14-5-1)37-40-38(26-15-6-2-7-16-26)42-39(41-37)29-20-12-22-34-36(29)31-23-33-30(24-35(31)44-34)28-19-10-11-21-32(28)43(33)27-17-8-3-9-18-27/h2*1-28H;1-24H. The largest absolute Gasteiger partial charge is 0.456 e. The molecule has 0 bridgehead atoms. The lowest BCUT2D eigenvalue weighted by Gasteiger charge is -2.10. The van der Waals surface area contributed by atoms with Gasteiger partial charge in [-0.3, -0.25) is 0 Å². The number of furan rings is 3. The average molecular weight is 1850 g/mol. The van der Waals surface area contributed by atoms with Crippen LogP contribution in [-0.4, -0.2) is 58.6 Å². The Morgan fingerprint density at radius 2 is 0.354 bits per heavy atom. The third kappa shape index (κ3) is 14.9. The van der Waals surface area contributed by atoms with Crippen LogP contribution in [0.1, 0.15) is 0 Å². The van der Waals surface area contributed by atoms with E-state index in [-0.39, 0.29) is 0 Å². The van der Waals surface area contributed by atoms with Crippen molar-refractivity contribution in [1.29, 1.82) is 0 Å². The minimum Gasteiger partial charge on any atom is -0.456 e. The Balaban J connectivity index is 0.000000108. The van der Waals surface area contributed by atoms with Crippen LogP contribution in [0.2, 0.25) is 0 Å². The lowest BCUT2D eigenvalue weighted by molar-refractivity contribution is 0.669. The summed E-state index contributed by atoms with van der Waals surface area (Å²) in [7, 11) is 0. The maximum absolute atomic E-state index is 6.60. The van der Waals surface area contributed by atoms with E-state index in [1.165, 1.54) is 21.7 Å². The fraction of sp³-hybridized carbons (Fsp3) is 0. The topological polar surface area (TPSA) is 170 Å². The Morgan fingerprint density at radius 1 is 0.132 bits per heavy atom. The Hall–Kier alpha value is -19.8. The van der Waals surface area contributed by atoms with Crippen molar-refractivity contribution in [3.8, 4) is 142 Å². The van der Waals surface area contributed by atoms with Crippen molar-refractivity contribution in [3.05, 3.63) is 485 Å². The van der Waals surface area contributed by atoms with Crippen molar-refractivity contribution in [1.82, 2.24) is 58.6 Å². The minimum absolute atomic E-state index is 0.593. The van der Waals surface area contributed by atoms with Crippen LogP contribution in [0, 0.1) is 0 Å². The Bertz CT molecular complexity index is 9940. The Kier molecular flexibility index (Phi) is 20.5. The fourth-order valence-electron chi connectivity index (χ4n) is 20.5. The van der Waals surface area contributed by atoms with Crippen molar-refractivity contribution in [2.45, 2.75) is 0 Å². The number of hydrogen-bond donors (Lipinski definition) is 0. The summed E-state index contributed by atoms with van der Waals surface area (Å²) < 4.78 is 26.7. The Morgan fingerprint density at radius 3 is 0.667 bits per heavy atom. The summed E-state index contributed by atoms with van der Waals surface area (Å²) in [6.45, 7) is 0. The number of aromatic nitrogens is 12. The molecule has 15 heteroatoms. The molecule has 29 rings (SSSR count). The molecule has 0 aliphatic rings. The van der Waals surface area contributed by atoms with E-state index in [4.69, 9.17) is 58.1 Å². The first-order valence-electron chi connectivity index (χ1n) is 48.0. The second-order valence-corrected chi connectivity index (χ2v) is 35.8. The fourth-order valence-corrected chi connectivity index (χ4v) is 20.5. The minimum atomic E-state index is 0.593. The molecular weight excluding hydrogens is 1770 g/mol.